The summed E-state index contributed by atoms with van der Waals surface area (Å²) in [5, 5.41) is 7.35. The van der Waals surface area contributed by atoms with Gasteiger partial charge in [-0.2, -0.15) is 0 Å². The smallest absolute Gasteiger partial charge is 0.259 e. The van der Waals surface area contributed by atoms with Crippen LogP contribution in [0.3, 0.4) is 0 Å². The molecule has 3 amide bonds. The minimum atomic E-state index is -0.473. The number of nitrogens with zero attached hydrogens (tertiary/aromatic N) is 4. The van der Waals surface area contributed by atoms with E-state index in [1.54, 1.807) is 32.6 Å². The Kier molecular flexibility index (Phi) is 10.8. The molecule has 3 aliphatic rings. The van der Waals surface area contributed by atoms with Gasteiger partial charge in [0.25, 0.3) is 5.56 Å². The van der Waals surface area contributed by atoms with E-state index in [2.05, 4.69) is 20.5 Å². The molecule has 3 saturated heterocycles. The Labute approximate surface area is 312 Å². The largest absolute Gasteiger partial charge is 0.496 e. The predicted octanol–water partition coefficient (Wildman–Crippen LogP) is 5.28. The van der Waals surface area contributed by atoms with E-state index < -0.39 is 6.04 Å². The van der Waals surface area contributed by atoms with Crippen LogP contribution < -0.4 is 20.9 Å². The maximum Gasteiger partial charge on any atom is 0.259 e. The summed E-state index contributed by atoms with van der Waals surface area (Å²) in [7, 11) is 3.23. The molecule has 2 N–H and O–H groups in total. The van der Waals surface area contributed by atoms with Gasteiger partial charge in [0.2, 0.25) is 17.7 Å². The molecule has 2 aromatic heterocycles. The van der Waals surface area contributed by atoms with Crippen molar-refractivity contribution in [2.45, 2.75) is 56.9 Å². The fraction of sp³-hybridized carbons (Fsp3) is 0.425. The molecule has 53 heavy (non-hydrogen) atoms. The molecule has 4 aromatic rings. The molecular formula is C40H44ClFN6O5. The number of anilines is 1. The average molecular weight is 743 g/mol. The molecule has 0 spiro atoms. The number of carbonyl (C=O) groups excluding carboxylic acids is 3. The quantitative estimate of drug-likeness (QED) is 0.222. The summed E-state index contributed by atoms with van der Waals surface area (Å²) in [6.45, 7) is 3.22. The number of amides is 3. The van der Waals surface area contributed by atoms with Crippen LogP contribution in [0.2, 0.25) is 5.02 Å². The number of methoxy groups -OCH3 is 1. The van der Waals surface area contributed by atoms with Crippen LogP contribution in [0.4, 0.5) is 10.1 Å². The van der Waals surface area contributed by atoms with Crippen LogP contribution in [0, 0.1) is 11.7 Å². The second kappa shape index (κ2) is 15.7. The number of halogens is 2. The highest BCUT2D eigenvalue weighted by molar-refractivity contribution is 6.31. The van der Waals surface area contributed by atoms with E-state index in [4.69, 9.17) is 16.3 Å². The number of pyridine rings is 2. The van der Waals surface area contributed by atoms with Gasteiger partial charge in [-0.1, -0.05) is 17.7 Å². The van der Waals surface area contributed by atoms with E-state index in [-0.39, 0.29) is 40.9 Å². The molecule has 1 unspecified atom stereocenters. The first-order valence-corrected chi connectivity index (χ1v) is 18.7. The lowest BCUT2D eigenvalue weighted by atomic mass is 9.88. The molecule has 0 saturated carbocycles. The van der Waals surface area contributed by atoms with E-state index in [9.17, 15) is 19.2 Å². The third-order valence-electron chi connectivity index (χ3n) is 11.1. The van der Waals surface area contributed by atoms with E-state index in [1.165, 1.54) is 16.8 Å². The fourth-order valence-electron chi connectivity index (χ4n) is 8.04. The number of fused-ring (bicyclic) bond motifs is 1. The summed E-state index contributed by atoms with van der Waals surface area (Å²) in [4.78, 5) is 57.8. The Morgan fingerprint density at radius 2 is 1.79 bits per heavy atom. The molecule has 5 heterocycles. The minimum Gasteiger partial charge on any atom is -0.496 e. The third kappa shape index (κ3) is 7.94. The number of rotatable bonds is 9. The zero-order chi connectivity index (χ0) is 37.2. The number of piperidine rings is 3. The Bertz CT molecular complexity index is 2110. The Morgan fingerprint density at radius 3 is 2.51 bits per heavy atom. The number of ether oxygens (including phenoxy) is 1. The van der Waals surface area contributed by atoms with Gasteiger partial charge in [0.05, 0.1) is 19.0 Å². The van der Waals surface area contributed by atoms with Gasteiger partial charge in [-0.05, 0) is 110 Å². The van der Waals surface area contributed by atoms with Crippen molar-refractivity contribution in [1.29, 1.82) is 0 Å². The molecule has 7 rings (SSSR count). The van der Waals surface area contributed by atoms with Crippen LogP contribution in [0.15, 0.2) is 59.8 Å². The highest BCUT2D eigenvalue weighted by Crippen LogP contribution is 2.37. The van der Waals surface area contributed by atoms with Gasteiger partial charge < -0.3 is 19.5 Å². The third-order valence-corrected chi connectivity index (χ3v) is 11.4. The number of hydrogen-bond donors (Lipinski definition) is 2. The van der Waals surface area contributed by atoms with Crippen molar-refractivity contribution in [3.63, 3.8) is 0 Å². The minimum absolute atomic E-state index is 0.127. The first-order valence-electron chi connectivity index (χ1n) is 18.3. The molecular weight excluding hydrogens is 699 g/mol. The predicted molar refractivity (Wildman–Crippen MR) is 202 cm³/mol. The second-order valence-electron chi connectivity index (χ2n) is 14.5. The van der Waals surface area contributed by atoms with Crippen molar-refractivity contribution < 1.29 is 23.5 Å². The lowest BCUT2D eigenvalue weighted by Gasteiger charge is -2.36. The average Bonchev–Trinajstić information content (AvgIpc) is 3.16. The normalized spacial score (nSPS) is 19.0. The lowest BCUT2D eigenvalue weighted by molar-refractivity contribution is -0.134. The lowest BCUT2D eigenvalue weighted by Crippen LogP contribution is -2.47. The van der Waals surface area contributed by atoms with Crippen molar-refractivity contribution >= 4 is 45.8 Å². The summed E-state index contributed by atoms with van der Waals surface area (Å²) >= 11 is 6.70. The monoisotopic (exact) mass is 742 g/mol. The van der Waals surface area contributed by atoms with E-state index >= 15 is 4.39 Å². The van der Waals surface area contributed by atoms with Crippen molar-refractivity contribution in [1.82, 2.24) is 24.7 Å². The van der Waals surface area contributed by atoms with Gasteiger partial charge in [-0.15, -0.1) is 0 Å². The van der Waals surface area contributed by atoms with Crippen molar-refractivity contribution in [3.8, 4) is 16.9 Å². The van der Waals surface area contributed by atoms with Crippen LogP contribution in [0.25, 0.3) is 21.9 Å². The highest BCUT2D eigenvalue weighted by Gasteiger charge is 2.30. The van der Waals surface area contributed by atoms with Crippen molar-refractivity contribution in [3.05, 3.63) is 87.3 Å². The molecule has 3 aliphatic heterocycles. The molecule has 0 radical (unpaired) electrons. The summed E-state index contributed by atoms with van der Waals surface area (Å²) < 4.78 is 23.0. The van der Waals surface area contributed by atoms with Crippen molar-refractivity contribution in [2.75, 3.05) is 45.2 Å². The number of aromatic nitrogens is 2. The van der Waals surface area contributed by atoms with E-state index in [0.29, 0.717) is 71.6 Å². The molecule has 2 aromatic carbocycles. The molecule has 0 aliphatic carbocycles. The number of aryl methyl sites for hydroxylation is 1. The summed E-state index contributed by atoms with van der Waals surface area (Å²) in [6.07, 6.45) is 9.50. The van der Waals surface area contributed by atoms with Gasteiger partial charge in [0, 0.05) is 67.0 Å². The molecule has 13 heteroatoms. The van der Waals surface area contributed by atoms with Gasteiger partial charge in [0.1, 0.15) is 17.6 Å². The molecule has 11 nitrogen and oxygen atoms in total. The number of carbonyl (C=O) groups is 3. The van der Waals surface area contributed by atoms with E-state index in [0.717, 1.165) is 55.6 Å². The maximum absolute atomic E-state index is 15.8. The number of likely N-dealkylation sites (tertiary alicyclic amines) is 2. The Hall–Kier alpha value is -4.81. The molecule has 278 valence electrons. The first-order chi connectivity index (χ1) is 25.6. The topological polar surface area (TPSA) is 126 Å². The molecule has 1 atom stereocenters. The van der Waals surface area contributed by atoms with Crippen LogP contribution in [-0.4, -0.2) is 82.9 Å². The standard InChI is InChI=1S/C40H44ClFN6O5/c1-46-22-32(29-7-12-43-21-31(29)40(46)52)26-18-34(42)30(36(19-26)53-2)17-24-8-13-47(14-9-24)23-38(50)48-15-10-25(11-16-48)28-4-3-27(20-33(28)41)44-35-5-6-37(49)45-39(35)51/h3-4,7,12,18-22,24-25,35,44H,5-6,8-11,13-17,23H2,1-2H3,(H,45,49,51). The first kappa shape index (κ1) is 36.5. The van der Waals surface area contributed by atoms with Gasteiger partial charge in [-0.3, -0.25) is 34.4 Å². The molecule has 0 bridgehead atoms. The summed E-state index contributed by atoms with van der Waals surface area (Å²) in [5.74, 6) is 0.187. The number of benzene rings is 2. The number of nitrogens with one attached hydrogen (secondary N) is 2. The van der Waals surface area contributed by atoms with Crippen molar-refractivity contribution in [2.24, 2.45) is 13.0 Å². The number of imide groups is 1. The van der Waals surface area contributed by atoms with E-state index in [1.807, 2.05) is 29.2 Å². The van der Waals surface area contributed by atoms with Crippen LogP contribution in [0.5, 0.6) is 5.75 Å². The maximum atomic E-state index is 15.8. The number of hydrogen-bond acceptors (Lipinski definition) is 8. The zero-order valence-corrected chi connectivity index (χ0v) is 30.8. The van der Waals surface area contributed by atoms with Gasteiger partial charge >= 0.3 is 0 Å². The van der Waals surface area contributed by atoms with Gasteiger partial charge in [-0.25, -0.2) is 4.39 Å². The second-order valence-corrected chi connectivity index (χ2v) is 14.9. The SMILES string of the molecule is COc1cc(-c2cn(C)c(=O)c3cnccc23)cc(F)c1CC1CCN(CC(=O)N2CCC(c3ccc(NC4CCC(=O)NC4=O)cc3Cl)CC2)CC1. The van der Waals surface area contributed by atoms with Crippen LogP contribution in [0.1, 0.15) is 55.6 Å². The van der Waals surface area contributed by atoms with Crippen LogP contribution >= 0.6 is 11.6 Å². The highest BCUT2D eigenvalue weighted by atomic mass is 35.5. The summed E-state index contributed by atoms with van der Waals surface area (Å²) in [5.41, 5.74) is 3.52. The van der Waals surface area contributed by atoms with Gasteiger partial charge in [0.15, 0.2) is 0 Å². The van der Waals surface area contributed by atoms with Crippen LogP contribution in [-0.2, 0) is 27.9 Å². The fourth-order valence-corrected chi connectivity index (χ4v) is 8.37. The Balaban J connectivity index is 0.903. The summed E-state index contributed by atoms with van der Waals surface area (Å²) in [6, 6.07) is 10.4. The zero-order valence-electron chi connectivity index (χ0n) is 30.0. The molecule has 3 fully saturated rings. The Morgan fingerprint density at radius 1 is 1.02 bits per heavy atom.